The van der Waals surface area contributed by atoms with Gasteiger partial charge in [-0.3, -0.25) is 9.59 Å². The summed E-state index contributed by atoms with van der Waals surface area (Å²) >= 11 is 2.33. The summed E-state index contributed by atoms with van der Waals surface area (Å²) in [5.41, 5.74) is 1.37. The Labute approximate surface area is 150 Å². The highest BCUT2D eigenvalue weighted by Crippen LogP contribution is 2.15. The van der Waals surface area contributed by atoms with Crippen LogP contribution in [0.5, 0.6) is 0 Å². The summed E-state index contributed by atoms with van der Waals surface area (Å²) in [6.07, 6.45) is 7.02. The molecule has 0 aliphatic heterocycles. The zero-order chi connectivity index (χ0) is 17.9. The van der Waals surface area contributed by atoms with Gasteiger partial charge in [-0.25, -0.2) is 4.98 Å². The highest BCUT2D eigenvalue weighted by Gasteiger charge is 2.08. The molecule has 0 aromatic carbocycles. The minimum Gasteiger partial charge on any atom is -0.497 e. The topological polar surface area (TPSA) is 68.3 Å². The van der Waals surface area contributed by atoms with Crippen molar-refractivity contribution in [1.82, 2.24) is 9.71 Å². The smallest absolute Gasteiger partial charge is 0.186 e. The number of pyridine rings is 1. The lowest BCUT2D eigenvalue weighted by atomic mass is 10.2. The second-order valence-electron chi connectivity index (χ2n) is 4.54. The van der Waals surface area contributed by atoms with E-state index < -0.39 is 0 Å². The van der Waals surface area contributed by atoms with E-state index in [-0.39, 0.29) is 16.7 Å². The SMILES string of the molecule is C=C(/C=C\C(=C/C)NSc1ccc(C(=O)CSC(C)=O)cn1)OC. The van der Waals surface area contributed by atoms with Crippen LogP contribution in [0.2, 0.25) is 0 Å². The number of aromatic nitrogens is 1. The summed E-state index contributed by atoms with van der Waals surface area (Å²) in [7, 11) is 1.56. The van der Waals surface area contributed by atoms with Crippen molar-refractivity contribution in [2.24, 2.45) is 0 Å². The molecule has 1 rings (SSSR count). The summed E-state index contributed by atoms with van der Waals surface area (Å²) in [4.78, 5) is 27.0. The number of hydrogen-bond acceptors (Lipinski definition) is 7. The number of ether oxygens (including phenoxy) is 1. The van der Waals surface area contributed by atoms with E-state index in [1.165, 1.54) is 25.1 Å². The van der Waals surface area contributed by atoms with E-state index in [1.807, 2.05) is 19.1 Å². The van der Waals surface area contributed by atoms with E-state index in [0.717, 1.165) is 22.5 Å². The second-order valence-corrected chi connectivity index (χ2v) is 6.52. The van der Waals surface area contributed by atoms with E-state index in [9.17, 15) is 9.59 Å². The Morgan fingerprint density at radius 3 is 2.67 bits per heavy atom. The fourth-order valence-electron chi connectivity index (χ4n) is 1.41. The maximum Gasteiger partial charge on any atom is 0.186 e. The van der Waals surface area contributed by atoms with Gasteiger partial charge in [0, 0.05) is 36.3 Å². The third kappa shape index (κ3) is 7.52. The van der Waals surface area contributed by atoms with Gasteiger partial charge < -0.3 is 9.46 Å². The molecule has 128 valence electrons. The van der Waals surface area contributed by atoms with Crippen molar-refractivity contribution in [2.45, 2.75) is 18.9 Å². The molecule has 1 aromatic rings. The number of methoxy groups -OCH3 is 1. The van der Waals surface area contributed by atoms with Gasteiger partial charge in [-0.1, -0.05) is 24.4 Å². The van der Waals surface area contributed by atoms with Gasteiger partial charge in [-0.15, -0.1) is 0 Å². The van der Waals surface area contributed by atoms with Crippen LogP contribution in [-0.2, 0) is 9.53 Å². The molecular formula is C17H20N2O3S2. The Morgan fingerprint density at radius 1 is 1.38 bits per heavy atom. The number of hydrogen-bond donors (Lipinski definition) is 1. The molecule has 0 bridgehead atoms. The Kier molecular flexibility index (Phi) is 8.96. The maximum absolute atomic E-state index is 11.9. The van der Waals surface area contributed by atoms with Crippen molar-refractivity contribution < 1.29 is 14.3 Å². The third-order valence-electron chi connectivity index (χ3n) is 2.76. The van der Waals surface area contributed by atoms with Crippen molar-refractivity contribution in [3.05, 3.63) is 60.2 Å². The summed E-state index contributed by atoms with van der Waals surface area (Å²) in [5, 5.41) is 0.653. The lowest BCUT2D eigenvalue weighted by molar-refractivity contribution is -0.109. The average molecular weight is 364 g/mol. The predicted molar refractivity (Wildman–Crippen MR) is 99.7 cm³/mol. The molecule has 0 fully saturated rings. The Hall–Kier alpha value is -1.99. The predicted octanol–water partition coefficient (Wildman–Crippen LogP) is 3.76. The summed E-state index contributed by atoms with van der Waals surface area (Å²) in [5.74, 6) is 0.589. The van der Waals surface area contributed by atoms with Crippen LogP contribution in [0.1, 0.15) is 24.2 Å². The van der Waals surface area contributed by atoms with Crippen molar-refractivity contribution in [2.75, 3.05) is 12.9 Å². The molecule has 1 aromatic heterocycles. The first-order valence-electron chi connectivity index (χ1n) is 7.09. The summed E-state index contributed by atoms with van der Waals surface area (Å²) in [6.45, 7) is 7.06. The number of ketones is 1. The molecule has 0 aliphatic carbocycles. The highest BCUT2D eigenvalue weighted by atomic mass is 32.2. The maximum atomic E-state index is 11.9. The minimum absolute atomic E-state index is 0.0734. The van der Waals surface area contributed by atoms with Crippen LogP contribution in [0.3, 0.4) is 0 Å². The quantitative estimate of drug-likeness (QED) is 0.310. The molecule has 1 N–H and O–H groups in total. The van der Waals surface area contributed by atoms with E-state index in [0.29, 0.717) is 11.3 Å². The van der Waals surface area contributed by atoms with Crippen LogP contribution >= 0.6 is 23.7 Å². The summed E-state index contributed by atoms with van der Waals surface area (Å²) < 4.78 is 8.12. The molecule has 7 heteroatoms. The van der Waals surface area contributed by atoms with Crippen LogP contribution in [0.15, 0.2) is 59.6 Å². The van der Waals surface area contributed by atoms with Crippen LogP contribution in [0.25, 0.3) is 0 Å². The lowest BCUT2D eigenvalue weighted by Crippen LogP contribution is -2.05. The van der Waals surface area contributed by atoms with E-state index in [1.54, 1.807) is 25.3 Å². The molecule has 5 nitrogen and oxygen atoms in total. The van der Waals surface area contributed by atoms with Gasteiger partial charge >= 0.3 is 0 Å². The van der Waals surface area contributed by atoms with Gasteiger partial charge in [0.15, 0.2) is 10.9 Å². The lowest BCUT2D eigenvalue weighted by Gasteiger charge is -2.06. The van der Waals surface area contributed by atoms with Crippen molar-refractivity contribution in [3.8, 4) is 0 Å². The number of carbonyl (C=O) groups excluding carboxylic acids is 2. The number of nitrogens with one attached hydrogen (secondary N) is 1. The molecule has 0 aliphatic rings. The molecule has 1 heterocycles. The fourth-order valence-corrected chi connectivity index (χ4v) is 2.56. The van der Waals surface area contributed by atoms with Crippen molar-refractivity contribution >= 4 is 34.6 Å². The first-order valence-corrected chi connectivity index (χ1v) is 8.89. The Balaban J connectivity index is 2.57. The van der Waals surface area contributed by atoms with E-state index >= 15 is 0 Å². The number of thioether (sulfide) groups is 1. The zero-order valence-corrected chi connectivity index (χ0v) is 15.5. The number of allylic oxidation sites excluding steroid dienone is 3. The molecular weight excluding hydrogens is 344 g/mol. The zero-order valence-electron chi connectivity index (χ0n) is 13.9. The molecule has 0 spiro atoms. The molecule has 0 atom stereocenters. The minimum atomic E-state index is -0.109. The van der Waals surface area contributed by atoms with E-state index in [2.05, 4.69) is 16.3 Å². The number of nitrogens with zero attached hydrogens (tertiary/aromatic N) is 1. The second kappa shape index (κ2) is 10.7. The normalized spacial score (nSPS) is 11.4. The molecule has 0 saturated carbocycles. The van der Waals surface area contributed by atoms with E-state index in [4.69, 9.17) is 4.74 Å². The average Bonchev–Trinajstić information content (AvgIpc) is 2.59. The van der Waals surface area contributed by atoms with Gasteiger partial charge in [0.25, 0.3) is 0 Å². The van der Waals surface area contributed by atoms with Gasteiger partial charge in [0.2, 0.25) is 0 Å². The fraction of sp³-hybridized carbons (Fsp3) is 0.235. The third-order valence-corrected chi connectivity index (χ3v) is 4.36. The molecule has 0 amide bonds. The Morgan fingerprint density at radius 2 is 2.12 bits per heavy atom. The molecule has 0 radical (unpaired) electrons. The molecule has 24 heavy (non-hydrogen) atoms. The van der Waals surface area contributed by atoms with Crippen LogP contribution in [0, 0.1) is 0 Å². The van der Waals surface area contributed by atoms with Crippen molar-refractivity contribution in [1.29, 1.82) is 0 Å². The number of rotatable bonds is 9. The first kappa shape index (κ1) is 20.1. The van der Waals surface area contributed by atoms with Gasteiger partial charge in [-0.2, -0.15) is 0 Å². The monoisotopic (exact) mass is 364 g/mol. The molecule has 0 saturated heterocycles. The van der Waals surface area contributed by atoms with Crippen LogP contribution in [-0.4, -0.2) is 28.7 Å². The largest absolute Gasteiger partial charge is 0.497 e. The van der Waals surface area contributed by atoms with Gasteiger partial charge in [0.05, 0.1) is 12.9 Å². The Bertz CT molecular complexity index is 652. The van der Waals surface area contributed by atoms with Crippen LogP contribution in [0.4, 0.5) is 0 Å². The van der Waals surface area contributed by atoms with Crippen LogP contribution < -0.4 is 4.72 Å². The molecule has 0 unspecified atom stereocenters. The number of carbonyl (C=O) groups is 2. The van der Waals surface area contributed by atoms with Gasteiger partial charge in [-0.05, 0) is 31.2 Å². The first-order chi connectivity index (χ1) is 11.5. The van der Waals surface area contributed by atoms with Gasteiger partial charge in [0.1, 0.15) is 10.8 Å². The highest BCUT2D eigenvalue weighted by molar-refractivity contribution is 8.14. The van der Waals surface area contributed by atoms with Crippen molar-refractivity contribution in [3.63, 3.8) is 0 Å². The number of Topliss-reactive ketones (excluding diaryl/α,β-unsaturated/α-hetero) is 1. The standard InChI is InChI=1S/C17H20N2O3S2/c1-5-15(8-6-12(2)22-4)19-24-17-9-7-14(10-18-17)16(21)11-23-13(3)20/h5-10,19H,2,11H2,1,3-4H3/b8-6-,15-5+. The summed E-state index contributed by atoms with van der Waals surface area (Å²) in [6, 6.07) is 3.46.